The van der Waals surface area contributed by atoms with Crippen LogP contribution in [0.3, 0.4) is 0 Å². The average Bonchev–Trinajstić information content (AvgIpc) is 2.31. The van der Waals surface area contributed by atoms with E-state index < -0.39 is 0 Å². The molecule has 3 nitrogen and oxygen atoms in total. The summed E-state index contributed by atoms with van der Waals surface area (Å²) in [5.74, 6) is 0. The Morgan fingerprint density at radius 1 is 1.32 bits per heavy atom. The van der Waals surface area contributed by atoms with E-state index in [4.69, 9.17) is 5.11 Å². The van der Waals surface area contributed by atoms with Gasteiger partial charge in [-0.05, 0) is 57.4 Å². The summed E-state index contributed by atoms with van der Waals surface area (Å²) < 4.78 is 0. The first kappa shape index (κ1) is 14.4. The Bertz CT molecular complexity index is 442. The van der Waals surface area contributed by atoms with Crippen molar-refractivity contribution in [2.24, 2.45) is 0 Å². The molecule has 1 aliphatic heterocycles. The summed E-state index contributed by atoms with van der Waals surface area (Å²) in [7, 11) is 0. The first-order valence-corrected chi connectivity index (χ1v) is 7.12. The minimum Gasteiger partial charge on any atom is -0.396 e. The van der Waals surface area contributed by atoms with Gasteiger partial charge in [0.05, 0.1) is 0 Å². The highest BCUT2D eigenvalue weighted by molar-refractivity contribution is 5.51. The maximum Gasteiger partial charge on any atom is 0.0446 e. The Morgan fingerprint density at radius 3 is 2.68 bits per heavy atom. The number of aryl methyl sites for hydroxylation is 2. The number of piperazine rings is 1. The number of rotatable bonds is 3. The summed E-state index contributed by atoms with van der Waals surface area (Å²) >= 11 is 0. The van der Waals surface area contributed by atoms with Crippen LogP contribution in [0.2, 0.25) is 0 Å². The molecule has 1 aromatic carbocycles. The van der Waals surface area contributed by atoms with E-state index in [0.717, 1.165) is 19.5 Å². The van der Waals surface area contributed by atoms with E-state index >= 15 is 0 Å². The topological polar surface area (TPSA) is 35.5 Å². The van der Waals surface area contributed by atoms with Crippen molar-refractivity contribution in [2.75, 3.05) is 24.6 Å². The lowest BCUT2D eigenvalue weighted by Crippen LogP contribution is -2.62. The molecule has 3 heteroatoms. The molecule has 0 saturated carbocycles. The van der Waals surface area contributed by atoms with E-state index in [1.165, 1.54) is 16.8 Å². The molecule has 1 unspecified atom stereocenters. The molecule has 106 valence electrons. The van der Waals surface area contributed by atoms with Crippen LogP contribution in [0.25, 0.3) is 0 Å². The van der Waals surface area contributed by atoms with Gasteiger partial charge in [0, 0.05) is 37.0 Å². The smallest absolute Gasteiger partial charge is 0.0446 e. The van der Waals surface area contributed by atoms with Crippen molar-refractivity contribution < 1.29 is 5.11 Å². The molecule has 2 N–H and O–H groups in total. The molecule has 2 rings (SSSR count). The van der Waals surface area contributed by atoms with Crippen molar-refractivity contribution >= 4 is 5.69 Å². The fourth-order valence-corrected chi connectivity index (χ4v) is 2.89. The zero-order chi connectivity index (χ0) is 14.0. The van der Waals surface area contributed by atoms with E-state index in [1.807, 2.05) is 0 Å². The van der Waals surface area contributed by atoms with Crippen molar-refractivity contribution in [3.05, 3.63) is 29.3 Å². The van der Waals surface area contributed by atoms with Gasteiger partial charge in [0.2, 0.25) is 0 Å². The number of aliphatic hydroxyl groups excluding tert-OH is 1. The van der Waals surface area contributed by atoms with Crippen molar-refractivity contribution in [2.45, 2.75) is 45.7 Å². The number of nitrogens with one attached hydrogen (secondary N) is 1. The largest absolute Gasteiger partial charge is 0.396 e. The first-order valence-electron chi connectivity index (χ1n) is 7.12. The van der Waals surface area contributed by atoms with Gasteiger partial charge in [0.15, 0.2) is 0 Å². The Kier molecular flexibility index (Phi) is 4.16. The van der Waals surface area contributed by atoms with E-state index in [2.05, 4.69) is 56.1 Å². The quantitative estimate of drug-likeness (QED) is 0.877. The van der Waals surface area contributed by atoms with E-state index in [0.29, 0.717) is 6.04 Å². The van der Waals surface area contributed by atoms with Crippen LogP contribution in [0.5, 0.6) is 0 Å². The third kappa shape index (κ3) is 3.48. The number of aliphatic hydroxyl groups is 1. The SMILES string of the molecule is Cc1ccc(N2CC(CCO)NC(C)(C)C2)cc1C. The lowest BCUT2D eigenvalue weighted by atomic mass is 9.96. The molecule has 1 saturated heterocycles. The fraction of sp³-hybridized carbons (Fsp3) is 0.625. The van der Waals surface area contributed by atoms with Crippen molar-refractivity contribution in [3.8, 4) is 0 Å². The number of benzene rings is 1. The number of hydrogen-bond donors (Lipinski definition) is 2. The summed E-state index contributed by atoms with van der Waals surface area (Å²) in [5.41, 5.74) is 4.05. The van der Waals surface area contributed by atoms with Gasteiger partial charge in [0.25, 0.3) is 0 Å². The second-order valence-electron chi connectivity index (χ2n) is 6.39. The standard InChI is InChI=1S/C16H26N2O/c1-12-5-6-15(9-13(12)2)18-10-14(7-8-19)17-16(3,4)11-18/h5-6,9,14,17,19H,7-8,10-11H2,1-4H3. The van der Waals surface area contributed by atoms with Gasteiger partial charge in [-0.25, -0.2) is 0 Å². The second-order valence-corrected chi connectivity index (χ2v) is 6.39. The maximum absolute atomic E-state index is 9.17. The Balaban J connectivity index is 2.20. The second kappa shape index (κ2) is 5.51. The normalized spacial score (nSPS) is 22.6. The number of anilines is 1. The fourth-order valence-electron chi connectivity index (χ4n) is 2.89. The zero-order valence-electron chi connectivity index (χ0n) is 12.5. The molecule has 0 spiro atoms. The molecule has 0 aromatic heterocycles. The highest BCUT2D eigenvalue weighted by Gasteiger charge is 2.31. The van der Waals surface area contributed by atoms with E-state index in [9.17, 15) is 0 Å². The summed E-state index contributed by atoms with van der Waals surface area (Å²) in [6.07, 6.45) is 0.810. The summed E-state index contributed by atoms with van der Waals surface area (Å²) in [5, 5.41) is 12.8. The van der Waals surface area contributed by atoms with Crippen LogP contribution < -0.4 is 10.2 Å². The van der Waals surface area contributed by atoms with E-state index in [1.54, 1.807) is 0 Å². The van der Waals surface area contributed by atoms with Crippen molar-refractivity contribution in [1.29, 1.82) is 0 Å². The highest BCUT2D eigenvalue weighted by Crippen LogP contribution is 2.24. The van der Waals surface area contributed by atoms with Crippen LogP contribution in [-0.4, -0.2) is 36.4 Å². The molecular formula is C16H26N2O. The molecule has 1 aromatic rings. The molecule has 0 amide bonds. The first-order chi connectivity index (χ1) is 8.91. The molecule has 0 bridgehead atoms. The molecular weight excluding hydrogens is 236 g/mol. The lowest BCUT2D eigenvalue weighted by Gasteiger charge is -2.45. The van der Waals surface area contributed by atoms with Crippen LogP contribution in [0, 0.1) is 13.8 Å². The lowest BCUT2D eigenvalue weighted by molar-refractivity contribution is 0.224. The van der Waals surface area contributed by atoms with Gasteiger partial charge in [-0.1, -0.05) is 6.07 Å². The van der Waals surface area contributed by atoms with Gasteiger partial charge in [-0.3, -0.25) is 0 Å². The van der Waals surface area contributed by atoms with Crippen molar-refractivity contribution in [1.82, 2.24) is 5.32 Å². The zero-order valence-corrected chi connectivity index (χ0v) is 12.5. The Morgan fingerprint density at radius 2 is 2.05 bits per heavy atom. The van der Waals surface area contributed by atoms with Crippen LogP contribution in [0.15, 0.2) is 18.2 Å². The maximum atomic E-state index is 9.17. The summed E-state index contributed by atoms with van der Waals surface area (Å²) in [6.45, 7) is 11.0. The van der Waals surface area contributed by atoms with Crippen LogP contribution >= 0.6 is 0 Å². The number of nitrogens with zero attached hydrogens (tertiary/aromatic N) is 1. The van der Waals surface area contributed by atoms with Gasteiger partial charge in [0.1, 0.15) is 0 Å². The van der Waals surface area contributed by atoms with Crippen LogP contribution in [-0.2, 0) is 0 Å². The van der Waals surface area contributed by atoms with Gasteiger partial charge >= 0.3 is 0 Å². The molecule has 19 heavy (non-hydrogen) atoms. The minimum absolute atomic E-state index is 0.0802. The molecule has 0 radical (unpaired) electrons. The average molecular weight is 262 g/mol. The molecule has 1 aliphatic rings. The molecule has 1 fully saturated rings. The van der Waals surface area contributed by atoms with Gasteiger partial charge in [-0.2, -0.15) is 0 Å². The van der Waals surface area contributed by atoms with Crippen molar-refractivity contribution in [3.63, 3.8) is 0 Å². The van der Waals surface area contributed by atoms with Gasteiger partial charge in [-0.15, -0.1) is 0 Å². The molecule has 0 aliphatic carbocycles. The van der Waals surface area contributed by atoms with Crippen LogP contribution in [0.1, 0.15) is 31.4 Å². The predicted octanol–water partition coefficient (Wildman–Crippen LogP) is 2.24. The third-order valence-electron chi connectivity index (χ3n) is 3.95. The Hall–Kier alpha value is -1.06. The number of hydrogen-bond acceptors (Lipinski definition) is 3. The van der Waals surface area contributed by atoms with E-state index in [-0.39, 0.29) is 12.1 Å². The minimum atomic E-state index is 0.0802. The molecule has 1 atom stereocenters. The monoisotopic (exact) mass is 262 g/mol. The third-order valence-corrected chi connectivity index (χ3v) is 3.95. The van der Waals surface area contributed by atoms with Crippen LogP contribution in [0.4, 0.5) is 5.69 Å². The highest BCUT2D eigenvalue weighted by atomic mass is 16.3. The van der Waals surface area contributed by atoms with Gasteiger partial charge < -0.3 is 15.3 Å². The Labute approximate surface area is 116 Å². The summed E-state index contributed by atoms with van der Waals surface area (Å²) in [4.78, 5) is 2.43. The summed E-state index contributed by atoms with van der Waals surface area (Å²) in [6, 6.07) is 7.03. The predicted molar refractivity (Wildman–Crippen MR) is 80.8 cm³/mol. The molecule has 1 heterocycles.